The highest BCUT2D eigenvalue weighted by atomic mass is 32.1. The van der Waals surface area contributed by atoms with Gasteiger partial charge < -0.3 is 24.1 Å². The molecule has 1 aliphatic heterocycles. The van der Waals surface area contributed by atoms with Gasteiger partial charge in [0.25, 0.3) is 5.78 Å². The third kappa shape index (κ3) is 5.37. The molecule has 1 saturated heterocycles. The van der Waals surface area contributed by atoms with E-state index in [-0.39, 0.29) is 27.9 Å². The first kappa shape index (κ1) is 28.6. The van der Waals surface area contributed by atoms with Crippen molar-refractivity contribution in [1.82, 2.24) is 4.98 Å². The monoisotopic (exact) mass is 566 g/mol. The number of hydrogen-bond donors (Lipinski definition) is 1. The molecule has 1 amide bonds. The molecule has 0 aliphatic carbocycles. The molecule has 1 atom stereocenters. The number of amides is 1. The molecule has 3 aromatic rings. The molecule has 1 unspecified atom stereocenters. The first-order valence-corrected chi connectivity index (χ1v) is 13.6. The molecule has 40 heavy (non-hydrogen) atoms. The third-order valence-electron chi connectivity index (χ3n) is 6.14. The summed E-state index contributed by atoms with van der Waals surface area (Å²) in [5.41, 5.74) is 1.03. The molecular formula is C29H30N2O8S. The first-order chi connectivity index (χ1) is 19.2. The number of Topliss-reactive ketones (excluding diaryl/α,β-unsaturated/α-hetero) is 1. The van der Waals surface area contributed by atoms with Gasteiger partial charge in [-0.1, -0.05) is 17.4 Å². The molecule has 0 spiro atoms. The quantitative estimate of drug-likeness (QED) is 0.155. The maximum atomic E-state index is 13.5. The number of rotatable bonds is 10. The number of ether oxygens (including phenoxy) is 4. The van der Waals surface area contributed by atoms with Gasteiger partial charge in [-0.15, -0.1) is 0 Å². The van der Waals surface area contributed by atoms with Crippen molar-refractivity contribution in [3.8, 4) is 17.2 Å². The number of aliphatic hydroxyl groups is 1. The number of thiazole rings is 1. The van der Waals surface area contributed by atoms with Crippen LogP contribution in [0.1, 0.15) is 53.3 Å². The summed E-state index contributed by atoms with van der Waals surface area (Å²) in [6, 6.07) is 10.5. The Morgan fingerprint density at radius 3 is 2.30 bits per heavy atom. The van der Waals surface area contributed by atoms with Crippen LogP contribution in [0.2, 0.25) is 0 Å². The normalized spacial score (nSPS) is 16.2. The number of nitrogens with zero attached hydrogens (tertiary/aromatic N) is 2. The number of hydrogen-bond acceptors (Lipinski definition) is 10. The van der Waals surface area contributed by atoms with Gasteiger partial charge in [0.2, 0.25) is 0 Å². The molecule has 1 aromatic heterocycles. The van der Waals surface area contributed by atoms with Crippen LogP contribution in [0.25, 0.3) is 5.76 Å². The van der Waals surface area contributed by atoms with Crippen molar-refractivity contribution in [3.05, 3.63) is 69.7 Å². The predicted molar refractivity (Wildman–Crippen MR) is 149 cm³/mol. The van der Waals surface area contributed by atoms with Gasteiger partial charge in [0.1, 0.15) is 16.4 Å². The minimum atomic E-state index is -1.07. The van der Waals surface area contributed by atoms with Crippen LogP contribution < -0.4 is 19.1 Å². The standard InChI is InChI=1S/C29H30N2O8S/c1-6-37-20-14-11-18(15-21(20)38-7-2)23-22(24(32)17-9-12-19(36-5)13-10-17)25(33)27(34)31(23)29-30-16(4)26(40-29)28(35)39-8-3/h9-15,23,32H,6-8H2,1-5H3. The van der Waals surface area contributed by atoms with Crippen molar-refractivity contribution >= 4 is 39.9 Å². The van der Waals surface area contributed by atoms with Crippen molar-refractivity contribution < 1.29 is 38.4 Å². The third-order valence-corrected chi connectivity index (χ3v) is 7.28. The lowest BCUT2D eigenvalue weighted by atomic mass is 9.95. The summed E-state index contributed by atoms with van der Waals surface area (Å²) in [6.45, 7) is 7.92. The van der Waals surface area contributed by atoms with Crippen LogP contribution in [-0.4, -0.2) is 54.7 Å². The lowest BCUT2D eigenvalue weighted by Crippen LogP contribution is -2.29. The van der Waals surface area contributed by atoms with Gasteiger partial charge in [-0.05, 0) is 69.7 Å². The fraction of sp³-hybridized carbons (Fsp3) is 0.310. The average molecular weight is 567 g/mol. The molecule has 4 rings (SSSR count). The van der Waals surface area contributed by atoms with E-state index in [1.165, 1.54) is 12.0 Å². The van der Waals surface area contributed by atoms with Crippen LogP contribution >= 0.6 is 11.3 Å². The topological polar surface area (TPSA) is 124 Å². The van der Waals surface area contributed by atoms with Crippen molar-refractivity contribution in [2.75, 3.05) is 31.8 Å². The maximum absolute atomic E-state index is 13.5. The van der Waals surface area contributed by atoms with Gasteiger partial charge in [0, 0.05) is 5.56 Å². The number of anilines is 1. The highest BCUT2D eigenvalue weighted by Gasteiger charge is 2.48. The van der Waals surface area contributed by atoms with E-state index >= 15 is 0 Å². The Bertz CT molecular complexity index is 1460. The number of methoxy groups -OCH3 is 1. The Kier molecular flexibility index (Phi) is 8.73. The smallest absolute Gasteiger partial charge is 0.350 e. The minimum absolute atomic E-state index is 0.119. The van der Waals surface area contributed by atoms with Crippen molar-refractivity contribution in [2.45, 2.75) is 33.7 Å². The summed E-state index contributed by atoms with van der Waals surface area (Å²) in [5, 5.41) is 11.5. The van der Waals surface area contributed by atoms with Crippen LogP contribution in [0.15, 0.2) is 48.0 Å². The number of aromatic nitrogens is 1. The lowest BCUT2D eigenvalue weighted by Gasteiger charge is -2.24. The summed E-state index contributed by atoms with van der Waals surface area (Å²) in [5.74, 6) is -1.25. The second-order valence-electron chi connectivity index (χ2n) is 8.60. The number of aliphatic hydroxyl groups excluding tert-OH is 1. The number of carbonyl (C=O) groups is 3. The second-order valence-corrected chi connectivity index (χ2v) is 9.58. The van der Waals surface area contributed by atoms with Gasteiger partial charge in [0.15, 0.2) is 16.6 Å². The molecule has 2 heterocycles. The Hall–Kier alpha value is -4.38. The number of aryl methyl sites for hydroxylation is 1. The predicted octanol–water partition coefficient (Wildman–Crippen LogP) is 5.06. The molecule has 0 radical (unpaired) electrons. The van der Waals surface area contributed by atoms with Gasteiger partial charge in [-0.3, -0.25) is 14.5 Å². The molecule has 1 N–H and O–H groups in total. The van der Waals surface area contributed by atoms with Crippen LogP contribution in [0.4, 0.5) is 5.13 Å². The molecule has 1 fully saturated rings. The average Bonchev–Trinajstić information content (AvgIpc) is 3.46. The summed E-state index contributed by atoms with van der Waals surface area (Å²) >= 11 is 0.940. The highest BCUT2D eigenvalue weighted by Crippen LogP contribution is 2.45. The zero-order valence-electron chi connectivity index (χ0n) is 22.8. The fourth-order valence-electron chi connectivity index (χ4n) is 4.36. The van der Waals surface area contributed by atoms with E-state index in [4.69, 9.17) is 18.9 Å². The molecule has 1 aliphatic rings. The van der Waals surface area contributed by atoms with Crippen molar-refractivity contribution in [2.24, 2.45) is 0 Å². The van der Waals surface area contributed by atoms with E-state index in [9.17, 15) is 19.5 Å². The van der Waals surface area contributed by atoms with Crippen LogP contribution in [0, 0.1) is 6.92 Å². The van der Waals surface area contributed by atoms with E-state index in [1.807, 2.05) is 13.8 Å². The molecule has 10 nitrogen and oxygen atoms in total. The zero-order chi connectivity index (χ0) is 29.0. The van der Waals surface area contributed by atoms with E-state index < -0.39 is 23.7 Å². The van der Waals surface area contributed by atoms with Crippen molar-refractivity contribution in [1.29, 1.82) is 0 Å². The molecule has 0 saturated carbocycles. The number of benzene rings is 2. The lowest BCUT2D eigenvalue weighted by molar-refractivity contribution is -0.132. The zero-order valence-corrected chi connectivity index (χ0v) is 23.7. The Morgan fingerprint density at radius 2 is 1.68 bits per heavy atom. The van der Waals surface area contributed by atoms with Gasteiger partial charge in [-0.25, -0.2) is 9.78 Å². The Morgan fingerprint density at radius 1 is 1.00 bits per heavy atom. The molecule has 210 valence electrons. The van der Waals surface area contributed by atoms with Gasteiger partial charge in [0.05, 0.1) is 44.2 Å². The van der Waals surface area contributed by atoms with E-state index in [2.05, 4.69) is 4.98 Å². The Labute approximate surface area is 235 Å². The second kappa shape index (κ2) is 12.2. The largest absolute Gasteiger partial charge is 0.507 e. The van der Waals surface area contributed by atoms with E-state index in [0.29, 0.717) is 47.3 Å². The van der Waals surface area contributed by atoms with Crippen LogP contribution in [-0.2, 0) is 14.3 Å². The van der Waals surface area contributed by atoms with E-state index in [0.717, 1.165) is 11.3 Å². The number of carbonyl (C=O) groups excluding carboxylic acids is 3. The SMILES string of the molecule is CCOC(=O)c1sc(N2C(=O)C(=O)C(=C(O)c3ccc(OC)cc3)C2c2ccc(OCC)c(OCC)c2)nc1C. The summed E-state index contributed by atoms with van der Waals surface area (Å²) in [7, 11) is 1.52. The highest BCUT2D eigenvalue weighted by molar-refractivity contribution is 7.17. The maximum Gasteiger partial charge on any atom is 0.350 e. The minimum Gasteiger partial charge on any atom is -0.507 e. The fourth-order valence-corrected chi connectivity index (χ4v) is 5.35. The summed E-state index contributed by atoms with van der Waals surface area (Å²) < 4.78 is 21.8. The Balaban J connectivity index is 1.93. The van der Waals surface area contributed by atoms with E-state index in [1.54, 1.807) is 56.3 Å². The molecule has 11 heteroatoms. The molecule has 2 aromatic carbocycles. The molecular weight excluding hydrogens is 536 g/mol. The van der Waals surface area contributed by atoms with Gasteiger partial charge >= 0.3 is 11.9 Å². The number of ketones is 1. The summed E-state index contributed by atoms with van der Waals surface area (Å²) in [6.07, 6.45) is 0. The van der Waals surface area contributed by atoms with Crippen LogP contribution in [0.3, 0.4) is 0 Å². The first-order valence-electron chi connectivity index (χ1n) is 12.7. The van der Waals surface area contributed by atoms with Crippen LogP contribution in [0.5, 0.6) is 17.2 Å². The number of esters is 1. The molecule has 0 bridgehead atoms. The van der Waals surface area contributed by atoms with Crippen molar-refractivity contribution in [3.63, 3.8) is 0 Å². The summed E-state index contributed by atoms with van der Waals surface area (Å²) in [4.78, 5) is 45.4. The van der Waals surface area contributed by atoms with Gasteiger partial charge in [-0.2, -0.15) is 0 Å².